The van der Waals surface area contributed by atoms with Crippen molar-refractivity contribution >= 4 is 50.3 Å². The van der Waals surface area contributed by atoms with Crippen LogP contribution in [-0.4, -0.2) is 50.8 Å². The number of para-hydroxylation sites is 2. The van der Waals surface area contributed by atoms with Crippen LogP contribution in [0.1, 0.15) is 20.7 Å². The second-order valence-electron chi connectivity index (χ2n) is 6.15. The summed E-state index contributed by atoms with van der Waals surface area (Å²) in [5, 5.41) is 2.88. The number of methoxy groups -OCH3 is 2. The molecule has 0 spiro atoms. The van der Waals surface area contributed by atoms with Gasteiger partial charge in [-0.1, -0.05) is 12.1 Å². The quantitative estimate of drug-likeness (QED) is 0.564. The molecular formula is C19H18N4O6S. The average molecular weight is 430 g/mol. The molecule has 0 radical (unpaired) electrons. The first kappa shape index (κ1) is 21.0. The summed E-state index contributed by atoms with van der Waals surface area (Å²) in [6, 6.07) is 11.0. The zero-order valence-corrected chi connectivity index (χ0v) is 17.1. The van der Waals surface area contributed by atoms with E-state index in [1.165, 1.54) is 32.4 Å². The second kappa shape index (κ2) is 8.33. The van der Waals surface area contributed by atoms with E-state index in [0.717, 1.165) is 6.26 Å². The monoisotopic (exact) mass is 430 g/mol. The lowest BCUT2D eigenvalue weighted by molar-refractivity contribution is 0.0587. The normalized spacial score (nSPS) is 11.0. The molecule has 0 saturated carbocycles. The zero-order chi connectivity index (χ0) is 21.9. The molecule has 0 bridgehead atoms. The zero-order valence-electron chi connectivity index (χ0n) is 16.3. The Hall–Kier alpha value is -3.73. The fourth-order valence-electron chi connectivity index (χ4n) is 2.64. The summed E-state index contributed by atoms with van der Waals surface area (Å²) >= 11 is 0. The van der Waals surface area contributed by atoms with Crippen LogP contribution in [0.3, 0.4) is 0 Å². The van der Waals surface area contributed by atoms with Gasteiger partial charge in [0.1, 0.15) is 0 Å². The number of rotatable bonds is 6. The summed E-state index contributed by atoms with van der Waals surface area (Å²) in [6.07, 6.45) is 0.978. The average Bonchev–Trinajstić information content (AvgIpc) is 2.71. The van der Waals surface area contributed by atoms with Gasteiger partial charge in [0.15, 0.2) is 11.6 Å². The summed E-state index contributed by atoms with van der Waals surface area (Å²) in [7, 11) is -1.23. The Bertz CT molecular complexity index is 1240. The topological polar surface area (TPSA) is 137 Å². The fourth-order valence-corrected chi connectivity index (χ4v) is 3.14. The van der Waals surface area contributed by atoms with Gasteiger partial charge in [-0.3, -0.25) is 4.72 Å². The third-order valence-electron chi connectivity index (χ3n) is 3.95. The van der Waals surface area contributed by atoms with E-state index < -0.39 is 22.0 Å². The van der Waals surface area contributed by atoms with E-state index in [4.69, 9.17) is 9.47 Å². The third-order valence-corrected chi connectivity index (χ3v) is 4.52. The van der Waals surface area contributed by atoms with Crippen molar-refractivity contribution in [3.8, 4) is 0 Å². The third kappa shape index (κ3) is 4.63. The molecule has 0 unspecified atom stereocenters. The highest BCUT2D eigenvalue weighted by atomic mass is 32.2. The van der Waals surface area contributed by atoms with Gasteiger partial charge in [-0.05, 0) is 30.3 Å². The van der Waals surface area contributed by atoms with Gasteiger partial charge in [-0.15, -0.1) is 0 Å². The molecule has 2 aromatic carbocycles. The van der Waals surface area contributed by atoms with E-state index in [1.54, 1.807) is 24.3 Å². The molecular weight excluding hydrogens is 412 g/mol. The predicted octanol–water partition coefficient (Wildman–Crippen LogP) is 2.32. The minimum atomic E-state index is -3.68. The molecule has 156 valence electrons. The molecule has 2 N–H and O–H groups in total. The Morgan fingerprint density at radius 2 is 1.50 bits per heavy atom. The summed E-state index contributed by atoms with van der Waals surface area (Å²) in [4.78, 5) is 32.8. The maximum Gasteiger partial charge on any atom is 0.339 e. The number of benzene rings is 2. The molecule has 3 aromatic rings. The number of ether oxygens (including phenoxy) is 2. The number of carbonyl (C=O) groups excluding carboxylic acids is 2. The minimum Gasteiger partial charge on any atom is -0.465 e. The van der Waals surface area contributed by atoms with Crippen LogP contribution < -0.4 is 10.0 Å². The van der Waals surface area contributed by atoms with Crippen LogP contribution in [0.2, 0.25) is 0 Å². The Morgan fingerprint density at radius 3 is 2.07 bits per heavy atom. The van der Waals surface area contributed by atoms with Crippen LogP contribution in [0.15, 0.2) is 42.5 Å². The highest BCUT2D eigenvalue weighted by molar-refractivity contribution is 7.92. The molecule has 3 rings (SSSR count). The number of carbonyl (C=O) groups is 2. The van der Waals surface area contributed by atoms with Crippen LogP contribution >= 0.6 is 0 Å². The molecule has 1 aromatic heterocycles. The maximum atomic E-state index is 12.2. The van der Waals surface area contributed by atoms with Gasteiger partial charge in [0, 0.05) is 0 Å². The molecule has 0 atom stereocenters. The number of anilines is 3. The van der Waals surface area contributed by atoms with Gasteiger partial charge in [0.05, 0.1) is 48.3 Å². The summed E-state index contributed by atoms with van der Waals surface area (Å²) in [5.74, 6) is -1.32. The van der Waals surface area contributed by atoms with E-state index in [1.807, 2.05) is 0 Å². The van der Waals surface area contributed by atoms with Crippen molar-refractivity contribution in [3.63, 3.8) is 0 Å². The number of hydrogen-bond donors (Lipinski definition) is 2. The van der Waals surface area contributed by atoms with Gasteiger partial charge in [-0.25, -0.2) is 28.0 Å². The molecule has 0 aliphatic carbocycles. The molecule has 0 aliphatic rings. The smallest absolute Gasteiger partial charge is 0.339 e. The Kier molecular flexibility index (Phi) is 5.83. The first-order valence-electron chi connectivity index (χ1n) is 8.54. The van der Waals surface area contributed by atoms with Crippen LogP contribution in [0.4, 0.5) is 17.3 Å². The van der Waals surface area contributed by atoms with Crippen molar-refractivity contribution in [2.45, 2.75) is 0 Å². The Labute approximate surface area is 172 Å². The van der Waals surface area contributed by atoms with Gasteiger partial charge in [-0.2, -0.15) is 0 Å². The maximum absolute atomic E-state index is 12.2. The van der Waals surface area contributed by atoms with Gasteiger partial charge >= 0.3 is 11.9 Å². The standard InChI is InChI=1S/C19H18N4O6S/c1-28-18(24)11-8-9-12(19(25)29-2)15(10-11)22-16-17(23-30(3,26)27)21-14-7-5-4-6-13(14)20-16/h4-10H,1-3H3,(H,20,22)(H,21,23). The number of nitrogens with one attached hydrogen (secondary N) is 2. The van der Waals surface area contributed by atoms with Crippen molar-refractivity contribution in [1.29, 1.82) is 0 Å². The number of aromatic nitrogens is 2. The summed E-state index contributed by atoms with van der Waals surface area (Å²) in [5.41, 5.74) is 1.38. The molecule has 10 nitrogen and oxygen atoms in total. The molecule has 0 saturated heterocycles. The summed E-state index contributed by atoms with van der Waals surface area (Å²) < 4.78 is 35.4. The van der Waals surface area contributed by atoms with Crippen LogP contribution in [0.5, 0.6) is 0 Å². The SMILES string of the molecule is COC(=O)c1ccc(C(=O)OC)c(Nc2nc3ccccc3nc2NS(C)(=O)=O)c1. The van der Waals surface area contributed by atoms with Crippen molar-refractivity contribution in [2.75, 3.05) is 30.5 Å². The van der Waals surface area contributed by atoms with Gasteiger partial charge < -0.3 is 14.8 Å². The minimum absolute atomic E-state index is 0.0336. The number of nitrogens with zero attached hydrogens (tertiary/aromatic N) is 2. The van der Waals surface area contributed by atoms with Crippen molar-refractivity contribution in [1.82, 2.24) is 9.97 Å². The first-order chi connectivity index (χ1) is 14.2. The first-order valence-corrected chi connectivity index (χ1v) is 10.4. The number of esters is 2. The summed E-state index contributed by atoms with van der Waals surface area (Å²) in [6.45, 7) is 0. The molecule has 0 aliphatic heterocycles. The van der Waals surface area contributed by atoms with Crippen molar-refractivity contribution in [2.24, 2.45) is 0 Å². The van der Waals surface area contributed by atoms with Crippen LogP contribution in [0.25, 0.3) is 11.0 Å². The van der Waals surface area contributed by atoms with E-state index in [9.17, 15) is 18.0 Å². The van der Waals surface area contributed by atoms with Crippen LogP contribution in [-0.2, 0) is 19.5 Å². The molecule has 30 heavy (non-hydrogen) atoms. The fraction of sp³-hybridized carbons (Fsp3) is 0.158. The molecule has 1 heterocycles. The number of sulfonamides is 1. The number of hydrogen-bond acceptors (Lipinski definition) is 9. The molecule has 11 heteroatoms. The van der Waals surface area contributed by atoms with E-state index in [2.05, 4.69) is 20.0 Å². The Balaban J connectivity index is 2.17. The molecule has 0 amide bonds. The van der Waals surface area contributed by atoms with Crippen LogP contribution in [0, 0.1) is 0 Å². The van der Waals surface area contributed by atoms with E-state index in [-0.39, 0.29) is 28.5 Å². The highest BCUT2D eigenvalue weighted by Crippen LogP contribution is 2.28. The van der Waals surface area contributed by atoms with E-state index >= 15 is 0 Å². The lowest BCUT2D eigenvalue weighted by Gasteiger charge is -2.15. The highest BCUT2D eigenvalue weighted by Gasteiger charge is 2.19. The van der Waals surface area contributed by atoms with Gasteiger partial charge in [0.25, 0.3) is 0 Å². The second-order valence-corrected chi connectivity index (χ2v) is 7.90. The largest absolute Gasteiger partial charge is 0.465 e. The Morgan fingerprint density at radius 1 is 0.900 bits per heavy atom. The van der Waals surface area contributed by atoms with E-state index in [0.29, 0.717) is 11.0 Å². The lowest BCUT2D eigenvalue weighted by atomic mass is 10.1. The molecule has 0 fully saturated rings. The van der Waals surface area contributed by atoms with Crippen molar-refractivity contribution in [3.05, 3.63) is 53.6 Å². The lowest BCUT2D eigenvalue weighted by Crippen LogP contribution is -2.15. The number of fused-ring (bicyclic) bond motifs is 1. The predicted molar refractivity (Wildman–Crippen MR) is 110 cm³/mol. The van der Waals surface area contributed by atoms with Gasteiger partial charge in [0.2, 0.25) is 10.0 Å². The van der Waals surface area contributed by atoms with Crippen molar-refractivity contribution < 1.29 is 27.5 Å².